The lowest BCUT2D eigenvalue weighted by Crippen LogP contribution is -2.21. The first kappa shape index (κ1) is 11.4. The van der Waals surface area contributed by atoms with Crippen molar-refractivity contribution in [3.63, 3.8) is 0 Å². The minimum Gasteiger partial charge on any atom is -0.377 e. The number of hydrogen-bond donors (Lipinski definition) is 2. The summed E-state index contributed by atoms with van der Waals surface area (Å²) in [5.41, 5.74) is 11.0. The first-order valence-corrected chi connectivity index (χ1v) is 6.24. The first-order chi connectivity index (χ1) is 7.74. The lowest BCUT2D eigenvalue weighted by molar-refractivity contribution is 0.0315. The van der Waals surface area contributed by atoms with E-state index in [9.17, 15) is 0 Å². The summed E-state index contributed by atoms with van der Waals surface area (Å²) in [6, 6.07) is 0. The summed E-state index contributed by atoms with van der Waals surface area (Å²) in [7, 11) is 0. The van der Waals surface area contributed by atoms with Crippen molar-refractivity contribution in [2.75, 3.05) is 23.8 Å². The van der Waals surface area contributed by atoms with Crippen molar-refractivity contribution in [2.24, 2.45) is 0 Å². The lowest BCUT2D eigenvalue weighted by Gasteiger charge is -2.21. The van der Waals surface area contributed by atoms with E-state index in [0.29, 0.717) is 5.16 Å². The quantitative estimate of drug-likeness (QED) is 0.751. The summed E-state index contributed by atoms with van der Waals surface area (Å²) in [4.78, 5) is 11.7. The van der Waals surface area contributed by atoms with Gasteiger partial charge in [-0.3, -0.25) is 0 Å². The van der Waals surface area contributed by atoms with Crippen LogP contribution in [0, 0.1) is 0 Å². The van der Waals surface area contributed by atoms with Crippen LogP contribution >= 0.6 is 11.8 Å². The fourth-order valence-electron chi connectivity index (χ4n) is 1.56. The van der Waals surface area contributed by atoms with E-state index in [-0.39, 0.29) is 18.0 Å². The average molecular weight is 241 g/mol. The second-order valence-electron chi connectivity index (χ2n) is 3.63. The number of ether oxygens (including phenoxy) is 1. The van der Waals surface area contributed by atoms with E-state index in [1.807, 2.05) is 0 Å². The predicted molar refractivity (Wildman–Crippen MR) is 63.0 cm³/mol. The predicted octanol–water partition coefficient (Wildman–Crippen LogP) is 0.697. The number of nitrogen functional groups attached to an aromatic ring is 2. The Kier molecular flexibility index (Phi) is 3.79. The minimum atomic E-state index is 0.166. The van der Waals surface area contributed by atoms with Gasteiger partial charge in [-0.2, -0.15) is 15.0 Å². The van der Waals surface area contributed by atoms with E-state index < -0.39 is 0 Å². The third kappa shape index (κ3) is 3.21. The van der Waals surface area contributed by atoms with Gasteiger partial charge < -0.3 is 16.2 Å². The summed E-state index contributed by atoms with van der Waals surface area (Å²) in [5.74, 6) is 1.17. The highest BCUT2D eigenvalue weighted by molar-refractivity contribution is 7.99. The van der Waals surface area contributed by atoms with Gasteiger partial charge >= 0.3 is 0 Å². The largest absolute Gasteiger partial charge is 0.377 e. The highest BCUT2D eigenvalue weighted by Crippen LogP contribution is 2.21. The molecule has 2 rings (SSSR count). The molecule has 4 N–H and O–H groups in total. The molecule has 1 aliphatic rings. The third-order valence-corrected chi connectivity index (χ3v) is 3.30. The van der Waals surface area contributed by atoms with E-state index >= 15 is 0 Å². The Morgan fingerprint density at radius 3 is 2.56 bits per heavy atom. The molecule has 1 atom stereocenters. The van der Waals surface area contributed by atoms with Crippen molar-refractivity contribution in [2.45, 2.75) is 30.5 Å². The summed E-state index contributed by atoms with van der Waals surface area (Å²) in [5, 5.41) is 0.569. The second kappa shape index (κ2) is 5.31. The van der Waals surface area contributed by atoms with Gasteiger partial charge in [0.25, 0.3) is 0 Å². The molecule has 1 saturated heterocycles. The van der Waals surface area contributed by atoms with Crippen LogP contribution in [0.15, 0.2) is 5.16 Å². The SMILES string of the molecule is Nc1nc(N)nc(SCC2CCCCO2)n1. The molecule has 1 aliphatic heterocycles. The second-order valence-corrected chi connectivity index (χ2v) is 4.62. The van der Waals surface area contributed by atoms with Crippen molar-refractivity contribution in [1.29, 1.82) is 0 Å². The fourth-order valence-corrected chi connectivity index (χ4v) is 2.47. The molecular weight excluding hydrogens is 226 g/mol. The Morgan fingerprint density at radius 2 is 1.94 bits per heavy atom. The number of hydrogen-bond acceptors (Lipinski definition) is 7. The highest BCUT2D eigenvalue weighted by Gasteiger charge is 2.15. The molecule has 0 amide bonds. The normalized spacial score (nSPS) is 20.9. The van der Waals surface area contributed by atoms with Crippen molar-refractivity contribution in [3.8, 4) is 0 Å². The molecule has 1 fully saturated rings. The first-order valence-electron chi connectivity index (χ1n) is 5.25. The van der Waals surface area contributed by atoms with Gasteiger partial charge in [-0.25, -0.2) is 0 Å². The van der Waals surface area contributed by atoms with Crippen LogP contribution in [0.4, 0.5) is 11.9 Å². The Bertz CT molecular complexity index is 336. The zero-order chi connectivity index (χ0) is 11.4. The molecule has 88 valence electrons. The van der Waals surface area contributed by atoms with E-state index in [1.54, 1.807) is 0 Å². The van der Waals surface area contributed by atoms with E-state index in [0.717, 1.165) is 25.2 Å². The third-order valence-electron chi connectivity index (χ3n) is 2.32. The number of rotatable bonds is 3. The molecule has 16 heavy (non-hydrogen) atoms. The molecule has 2 heterocycles. The number of anilines is 2. The Hall–Kier alpha value is -1.08. The van der Waals surface area contributed by atoms with Crippen LogP contribution in [0.3, 0.4) is 0 Å². The zero-order valence-corrected chi connectivity index (χ0v) is 9.74. The average Bonchev–Trinajstić information content (AvgIpc) is 2.27. The molecule has 0 aliphatic carbocycles. The maximum Gasteiger partial charge on any atom is 0.225 e. The molecule has 6 nitrogen and oxygen atoms in total. The summed E-state index contributed by atoms with van der Waals surface area (Å²) < 4.78 is 5.61. The number of nitrogens with zero attached hydrogens (tertiary/aromatic N) is 3. The lowest BCUT2D eigenvalue weighted by atomic mass is 10.1. The van der Waals surface area contributed by atoms with Crippen LogP contribution in [0.5, 0.6) is 0 Å². The van der Waals surface area contributed by atoms with E-state index in [2.05, 4.69) is 15.0 Å². The maximum absolute atomic E-state index is 5.61. The molecule has 0 spiro atoms. The number of nitrogens with two attached hydrogens (primary N) is 2. The smallest absolute Gasteiger partial charge is 0.225 e. The van der Waals surface area contributed by atoms with Crippen LogP contribution in [0.25, 0.3) is 0 Å². The van der Waals surface area contributed by atoms with Gasteiger partial charge in [-0.1, -0.05) is 11.8 Å². The summed E-state index contributed by atoms with van der Waals surface area (Å²) >= 11 is 1.51. The van der Waals surface area contributed by atoms with Crippen LogP contribution in [0.1, 0.15) is 19.3 Å². The topological polar surface area (TPSA) is 99.9 Å². The molecule has 7 heteroatoms. The molecule has 1 unspecified atom stereocenters. The molecule has 1 aromatic rings. The molecule has 0 saturated carbocycles. The van der Waals surface area contributed by atoms with Crippen molar-refractivity contribution < 1.29 is 4.74 Å². The monoisotopic (exact) mass is 241 g/mol. The summed E-state index contributed by atoms with van der Waals surface area (Å²) in [6.07, 6.45) is 3.78. The Balaban J connectivity index is 1.88. The van der Waals surface area contributed by atoms with Gasteiger partial charge in [0.15, 0.2) is 5.16 Å². The van der Waals surface area contributed by atoms with E-state index in [4.69, 9.17) is 16.2 Å². The maximum atomic E-state index is 5.61. The fraction of sp³-hybridized carbons (Fsp3) is 0.667. The van der Waals surface area contributed by atoms with Crippen LogP contribution in [0.2, 0.25) is 0 Å². The minimum absolute atomic E-state index is 0.166. The van der Waals surface area contributed by atoms with Gasteiger partial charge in [-0.05, 0) is 19.3 Å². The van der Waals surface area contributed by atoms with Crippen LogP contribution < -0.4 is 11.5 Å². The standard InChI is InChI=1S/C9H15N5OS/c10-7-12-8(11)14-9(13-7)16-5-6-3-1-2-4-15-6/h6H,1-5H2,(H4,10,11,12,13,14). The van der Waals surface area contributed by atoms with Gasteiger partial charge in [0.1, 0.15) is 0 Å². The zero-order valence-electron chi connectivity index (χ0n) is 8.93. The number of aromatic nitrogens is 3. The van der Waals surface area contributed by atoms with Gasteiger partial charge in [0.2, 0.25) is 11.9 Å². The van der Waals surface area contributed by atoms with Crippen molar-refractivity contribution in [1.82, 2.24) is 15.0 Å². The highest BCUT2D eigenvalue weighted by atomic mass is 32.2. The number of thioether (sulfide) groups is 1. The Labute approximate surface area is 98.2 Å². The molecule has 1 aromatic heterocycles. The van der Waals surface area contributed by atoms with E-state index in [1.165, 1.54) is 18.2 Å². The molecule has 0 radical (unpaired) electrons. The Morgan fingerprint density at radius 1 is 1.19 bits per heavy atom. The summed E-state index contributed by atoms with van der Waals surface area (Å²) in [6.45, 7) is 0.854. The van der Waals surface area contributed by atoms with Crippen LogP contribution in [-0.2, 0) is 4.74 Å². The van der Waals surface area contributed by atoms with Gasteiger partial charge in [0.05, 0.1) is 6.10 Å². The van der Waals surface area contributed by atoms with Crippen molar-refractivity contribution >= 4 is 23.7 Å². The van der Waals surface area contributed by atoms with Gasteiger partial charge in [0, 0.05) is 12.4 Å². The van der Waals surface area contributed by atoms with Crippen molar-refractivity contribution in [3.05, 3.63) is 0 Å². The van der Waals surface area contributed by atoms with Gasteiger partial charge in [-0.15, -0.1) is 0 Å². The van der Waals surface area contributed by atoms with Crippen LogP contribution in [-0.4, -0.2) is 33.4 Å². The molecule has 0 aromatic carbocycles. The molecule has 0 bridgehead atoms. The molecular formula is C9H15N5OS.